The molecule has 2 atom stereocenters. The number of ether oxygens (including phenoxy) is 1. The van der Waals surface area contributed by atoms with Gasteiger partial charge in [-0.2, -0.15) is 0 Å². The number of amides is 1. The summed E-state index contributed by atoms with van der Waals surface area (Å²) in [7, 11) is 0. The third-order valence-electron chi connectivity index (χ3n) is 3.05. The molecule has 2 N–H and O–H groups in total. The van der Waals surface area contributed by atoms with Crippen molar-refractivity contribution in [1.82, 2.24) is 10.6 Å². The van der Waals surface area contributed by atoms with Crippen LogP contribution in [0, 0.1) is 5.92 Å². The quantitative estimate of drug-likeness (QED) is 0.738. The van der Waals surface area contributed by atoms with E-state index in [4.69, 9.17) is 4.74 Å². The van der Waals surface area contributed by atoms with Gasteiger partial charge in [0.25, 0.3) is 0 Å². The van der Waals surface area contributed by atoms with E-state index in [0.717, 1.165) is 18.9 Å². The average Bonchev–Trinajstić information content (AvgIpc) is 2.29. The average molecular weight is 242 g/mol. The third-order valence-corrected chi connectivity index (χ3v) is 3.05. The van der Waals surface area contributed by atoms with Crippen molar-refractivity contribution in [3.8, 4) is 0 Å². The number of carbonyl (C=O) groups excluding carboxylic acids is 1. The Labute approximate surface area is 104 Å². The largest absolute Gasteiger partial charge is 0.378 e. The molecule has 0 spiro atoms. The Morgan fingerprint density at radius 3 is 2.76 bits per heavy atom. The zero-order chi connectivity index (χ0) is 12.7. The molecule has 1 amide bonds. The van der Waals surface area contributed by atoms with E-state index in [2.05, 4.69) is 31.4 Å². The van der Waals surface area contributed by atoms with Gasteiger partial charge in [-0.25, -0.2) is 0 Å². The first-order valence-electron chi connectivity index (χ1n) is 6.71. The third kappa shape index (κ3) is 6.03. The molecule has 2 unspecified atom stereocenters. The van der Waals surface area contributed by atoms with Gasteiger partial charge in [0.05, 0.1) is 13.2 Å². The first-order chi connectivity index (χ1) is 8.09. The van der Waals surface area contributed by atoms with E-state index in [0.29, 0.717) is 13.2 Å². The lowest BCUT2D eigenvalue weighted by Gasteiger charge is -2.24. The standard InChI is InChI=1S/C13H26N2O2/c1-10(2)5-4-6-11(3)15-13(16)12-9-17-8-7-14-12/h10-12,14H,4-9H2,1-3H3,(H,15,16). The van der Waals surface area contributed by atoms with E-state index < -0.39 is 0 Å². The number of hydrogen-bond acceptors (Lipinski definition) is 3. The summed E-state index contributed by atoms with van der Waals surface area (Å²) in [4.78, 5) is 11.9. The predicted octanol–water partition coefficient (Wildman–Crippen LogP) is 1.31. The van der Waals surface area contributed by atoms with E-state index in [9.17, 15) is 4.79 Å². The molecule has 1 heterocycles. The molecule has 0 saturated carbocycles. The van der Waals surface area contributed by atoms with Crippen LogP contribution in [0.2, 0.25) is 0 Å². The molecule has 1 aliphatic heterocycles. The maximum absolute atomic E-state index is 11.9. The molecule has 0 aromatic rings. The van der Waals surface area contributed by atoms with E-state index in [1.165, 1.54) is 12.8 Å². The van der Waals surface area contributed by atoms with Crippen LogP contribution in [0.4, 0.5) is 0 Å². The lowest BCUT2D eigenvalue weighted by molar-refractivity contribution is -0.126. The highest BCUT2D eigenvalue weighted by Gasteiger charge is 2.21. The highest BCUT2D eigenvalue weighted by atomic mass is 16.5. The van der Waals surface area contributed by atoms with Gasteiger partial charge in [0, 0.05) is 12.6 Å². The first kappa shape index (κ1) is 14.5. The molecule has 0 aromatic carbocycles. The lowest BCUT2D eigenvalue weighted by Crippen LogP contribution is -2.52. The van der Waals surface area contributed by atoms with Crippen molar-refractivity contribution in [2.45, 2.75) is 52.1 Å². The second kappa shape index (κ2) is 7.67. The van der Waals surface area contributed by atoms with Gasteiger partial charge in [0.15, 0.2) is 0 Å². The van der Waals surface area contributed by atoms with Crippen LogP contribution in [0.1, 0.15) is 40.0 Å². The maximum Gasteiger partial charge on any atom is 0.239 e. The topological polar surface area (TPSA) is 50.4 Å². The summed E-state index contributed by atoms with van der Waals surface area (Å²) in [5.74, 6) is 0.813. The number of morpholine rings is 1. The van der Waals surface area contributed by atoms with Crippen LogP contribution in [-0.4, -0.2) is 37.7 Å². The molecule has 1 fully saturated rings. The number of carbonyl (C=O) groups is 1. The van der Waals surface area contributed by atoms with Crippen LogP contribution in [0.3, 0.4) is 0 Å². The van der Waals surface area contributed by atoms with Crippen molar-refractivity contribution < 1.29 is 9.53 Å². The molecule has 0 bridgehead atoms. The molecule has 4 nitrogen and oxygen atoms in total. The molecule has 0 radical (unpaired) electrons. The summed E-state index contributed by atoms with van der Waals surface area (Å²) in [6.07, 6.45) is 3.45. The number of hydrogen-bond donors (Lipinski definition) is 2. The highest BCUT2D eigenvalue weighted by Crippen LogP contribution is 2.08. The molecular formula is C13H26N2O2. The van der Waals surface area contributed by atoms with E-state index >= 15 is 0 Å². The Bertz CT molecular complexity index is 225. The summed E-state index contributed by atoms with van der Waals surface area (Å²) < 4.78 is 5.27. The Hall–Kier alpha value is -0.610. The number of rotatable bonds is 6. The summed E-state index contributed by atoms with van der Waals surface area (Å²) in [6, 6.07) is 0.0845. The fourth-order valence-corrected chi connectivity index (χ4v) is 1.98. The van der Waals surface area contributed by atoms with Crippen molar-refractivity contribution in [1.29, 1.82) is 0 Å². The molecule has 1 saturated heterocycles. The molecule has 0 aliphatic carbocycles. The summed E-state index contributed by atoms with van der Waals surface area (Å²) in [5, 5.41) is 6.20. The Morgan fingerprint density at radius 2 is 2.18 bits per heavy atom. The molecular weight excluding hydrogens is 216 g/mol. The molecule has 1 aliphatic rings. The van der Waals surface area contributed by atoms with E-state index in [1.54, 1.807) is 0 Å². The highest BCUT2D eigenvalue weighted by molar-refractivity contribution is 5.82. The van der Waals surface area contributed by atoms with Crippen LogP contribution in [-0.2, 0) is 9.53 Å². The van der Waals surface area contributed by atoms with Gasteiger partial charge in [-0.3, -0.25) is 4.79 Å². The molecule has 0 aromatic heterocycles. The Kier molecular flexibility index (Phi) is 6.52. The monoisotopic (exact) mass is 242 g/mol. The van der Waals surface area contributed by atoms with Gasteiger partial charge >= 0.3 is 0 Å². The smallest absolute Gasteiger partial charge is 0.239 e. The van der Waals surface area contributed by atoms with Crippen molar-refractivity contribution in [2.24, 2.45) is 5.92 Å². The van der Waals surface area contributed by atoms with Gasteiger partial charge in [0.1, 0.15) is 6.04 Å². The van der Waals surface area contributed by atoms with Gasteiger partial charge in [-0.05, 0) is 19.3 Å². The first-order valence-corrected chi connectivity index (χ1v) is 6.71. The van der Waals surface area contributed by atoms with Crippen LogP contribution >= 0.6 is 0 Å². The second-order valence-corrected chi connectivity index (χ2v) is 5.32. The zero-order valence-corrected chi connectivity index (χ0v) is 11.3. The van der Waals surface area contributed by atoms with Gasteiger partial charge in [0.2, 0.25) is 5.91 Å². The SMILES string of the molecule is CC(C)CCCC(C)NC(=O)C1COCCN1. The minimum absolute atomic E-state index is 0.0711. The molecule has 100 valence electrons. The van der Waals surface area contributed by atoms with Gasteiger partial charge < -0.3 is 15.4 Å². The van der Waals surface area contributed by atoms with Crippen molar-refractivity contribution in [2.75, 3.05) is 19.8 Å². The van der Waals surface area contributed by atoms with Gasteiger partial charge in [-0.15, -0.1) is 0 Å². The minimum atomic E-state index is -0.170. The second-order valence-electron chi connectivity index (χ2n) is 5.32. The minimum Gasteiger partial charge on any atom is -0.378 e. The van der Waals surface area contributed by atoms with Crippen molar-refractivity contribution >= 4 is 5.91 Å². The van der Waals surface area contributed by atoms with E-state index in [-0.39, 0.29) is 18.0 Å². The fourth-order valence-electron chi connectivity index (χ4n) is 1.98. The van der Waals surface area contributed by atoms with Crippen LogP contribution < -0.4 is 10.6 Å². The Morgan fingerprint density at radius 1 is 1.41 bits per heavy atom. The normalized spacial score (nSPS) is 22.5. The van der Waals surface area contributed by atoms with Gasteiger partial charge in [-0.1, -0.05) is 26.7 Å². The predicted molar refractivity (Wildman–Crippen MR) is 68.9 cm³/mol. The molecule has 1 rings (SSSR count). The zero-order valence-electron chi connectivity index (χ0n) is 11.3. The fraction of sp³-hybridized carbons (Fsp3) is 0.923. The number of nitrogens with one attached hydrogen (secondary N) is 2. The Balaban J connectivity index is 2.15. The van der Waals surface area contributed by atoms with E-state index in [1.807, 2.05) is 0 Å². The van der Waals surface area contributed by atoms with Crippen molar-refractivity contribution in [3.63, 3.8) is 0 Å². The van der Waals surface area contributed by atoms with Crippen molar-refractivity contribution in [3.05, 3.63) is 0 Å². The summed E-state index contributed by atoms with van der Waals surface area (Å²) in [6.45, 7) is 8.49. The van der Waals surface area contributed by atoms with Crippen LogP contribution in [0.15, 0.2) is 0 Å². The molecule has 17 heavy (non-hydrogen) atoms. The summed E-state index contributed by atoms with van der Waals surface area (Å²) in [5.41, 5.74) is 0. The molecule has 4 heteroatoms. The van der Waals surface area contributed by atoms with Crippen LogP contribution in [0.5, 0.6) is 0 Å². The van der Waals surface area contributed by atoms with Crippen LogP contribution in [0.25, 0.3) is 0 Å². The summed E-state index contributed by atoms with van der Waals surface area (Å²) >= 11 is 0. The maximum atomic E-state index is 11.9. The lowest BCUT2D eigenvalue weighted by atomic mass is 10.0.